The normalized spacial score (nSPS) is 11.8. The maximum Gasteiger partial charge on any atom is 0.323 e. The Hall–Kier alpha value is -1.42. The monoisotopic (exact) mass is 239 g/mol. The van der Waals surface area contributed by atoms with Gasteiger partial charge in [-0.25, -0.2) is 4.39 Å². The molecule has 0 unspecified atom stereocenters. The van der Waals surface area contributed by atoms with Crippen LogP contribution in [0.5, 0.6) is 0 Å². The summed E-state index contributed by atoms with van der Waals surface area (Å²) in [4.78, 5) is 13.0. The van der Waals surface area contributed by atoms with E-state index in [1.807, 2.05) is 11.8 Å². The van der Waals surface area contributed by atoms with Crippen LogP contribution in [0.1, 0.15) is 26.3 Å². The number of nitrogens with zero attached hydrogens (tertiary/aromatic N) is 1. The van der Waals surface area contributed by atoms with Crippen molar-refractivity contribution in [1.29, 1.82) is 0 Å². The second kappa shape index (κ2) is 5.27. The van der Waals surface area contributed by atoms with Gasteiger partial charge in [0.2, 0.25) is 0 Å². The van der Waals surface area contributed by atoms with E-state index in [2.05, 4.69) is 0 Å². The molecule has 1 aromatic rings. The molecule has 94 valence electrons. The standard InChI is InChI=1S/C13H18FNO2/c1-4-15(13(2,3)12(16)17)9-10-5-7-11(14)8-6-10/h5-8H,4,9H2,1-3H3,(H,16,17). The number of carbonyl (C=O) groups is 1. The third-order valence-corrected chi connectivity index (χ3v) is 2.98. The number of likely N-dealkylation sites (N-methyl/N-ethyl adjacent to an activating group) is 1. The van der Waals surface area contributed by atoms with Crippen LogP contribution in [-0.4, -0.2) is 28.1 Å². The molecular formula is C13H18FNO2. The van der Waals surface area contributed by atoms with Crippen LogP contribution < -0.4 is 0 Å². The van der Waals surface area contributed by atoms with Crippen LogP contribution in [0.25, 0.3) is 0 Å². The van der Waals surface area contributed by atoms with E-state index in [9.17, 15) is 9.18 Å². The van der Waals surface area contributed by atoms with Gasteiger partial charge < -0.3 is 5.11 Å². The number of carboxylic acid groups (broad SMARTS) is 1. The van der Waals surface area contributed by atoms with Gasteiger partial charge in [0, 0.05) is 6.54 Å². The fourth-order valence-corrected chi connectivity index (χ4v) is 1.65. The van der Waals surface area contributed by atoms with E-state index in [-0.39, 0.29) is 5.82 Å². The fourth-order valence-electron chi connectivity index (χ4n) is 1.65. The van der Waals surface area contributed by atoms with Gasteiger partial charge in [0.1, 0.15) is 11.4 Å². The van der Waals surface area contributed by atoms with Gasteiger partial charge in [-0.2, -0.15) is 0 Å². The highest BCUT2D eigenvalue weighted by Crippen LogP contribution is 2.18. The zero-order chi connectivity index (χ0) is 13.1. The Balaban J connectivity index is 2.83. The van der Waals surface area contributed by atoms with Crippen LogP contribution in [0.3, 0.4) is 0 Å². The molecule has 0 aliphatic rings. The number of hydrogen-bond donors (Lipinski definition) is 1. The van der Waals surface area contributed by atoms with Gasteiger partial charge in [0.25, 0.3) is 0 Å². The molecule has 3 nitrogen and oxygen atoms in total. The summed E-state index contributed by atoms with van der Waals surface area (Å²) in [7, 11) is 0. The largest absolute Gasteiger partial charge is 0.480 e. The molecule has 0 saturated carbocycles. The molecule has 0 aliphatic carbocycles. The van der Waals surface area contributed by atoms with E-state index in [1.165, 1.54) is 12.1 Å². The first-order valence-electron chi connectivity index (χ1n) is 5.60. The van der Waals surface area contributed by atoms with Crippen LogP contribution in [0, 0.1) is 5.82 Å². The molecule has 4 heteroatoms. The lowest BCUT2D eigenvalue weighted by Crippen LogP contribution is -2.49. The molecule has 1 N–H and O–H groups in total. The lowest BCUT2D eigenvalue weighted by atomic mass is 10.0. The van der Waals surface area contributed by atoms with Gasteiger partial charge in [0.15, 0.2) is 0 Å². The highest BCUT2D eigenvalue weighted by Gasteiger charge is 2.33. The number of hydrogen-bond acceptors (Lipinski definition) is 2. The second-order valence-corrected chi connectivity index (χ2v) is 4.50. The molecule has 0 radical (unpaired) electrons. The zero-order valence-corrected chi connectivity index (χ0v) is 10.4. The molecule has 0 fully saturated rings. The Labute approximate surface area is 101 Å². The van der Waals surface area contributed by atoms with Gasteiger partial charge in [-0.15, -0.1) is 0 Å². The third kappa shape index (κ3) is 3.27. The van der Waals surface area contributed by atoms with Gasteiger partial charge in [0.05, 0.1) is 0 Å². The Morgan fingerprint density at radius 1 is 1.35 bits per heavy atom. The summed E-state index contributed by atoms with van der Waals surface area (Å²) in [5.74, 6) is -1.14. The fraction of sp³-hybridized carbons (Fsp3) is 0.462. The summed E-state index contributed by atoms with van der Waals surface area (Å²) in [6, 6.07) is 6.12. The zero-order valence-electron chi connectivity index (χ0n) is 10.4. The van der Waals surface area contributed by atoms with Crippen LogP contribution in [0.15, 0.2) is 24.3 Å². The molecular weight excluding hydrogens is 221 g/mol. The van der Waals surface area contributed by atoms with Crippen LogP contribution in [-0.2, 0) is 11.3 Å². The summed E-state index contributed by atoms with van der Waals surface area (Å²) in [5, 5.41) is 9.16. The molecule has 0 bridgehead atoms. The predicted octanol–water partition coefficient (Wildman–Crippen LogP) is 2.51. The maximum absolute atomic E-state index is 12.8. The molecule has 1 rings (SSSR count). The van der Waals surface area contributed by atoms with E-state index in [4.69, 9.17) is 5.11 Å². The average Bonchev–Trinajstić information content (AvgIpc) is 2.27. The van der Waals surface area contributed by atoms with E-state index in [0.717, 1.165) is 5.56 Å². The van der Waals surface area contributed by atoms with Gasteiger partial charge in [-0.1, -0.05) is 19.1 Å². The summed E-state index contributed by atoms with van der Waals surface area (Å²) in [6.07, 6.45) is 0. The minimum absolute atomic E-state index is 0.283. The lowest BCUT2D eigenvalue weighted by Gasteiger charge is -2.34. The summed E-state index contributed by atoms with van der Waals surface area (Å²) in [5.41, 5.74) is -0.0223. The molecule has 17 heavy (non-hydrogen) atoms. The average molecular weight is 239 g/mol. The predicted molar refractivity (Wildman–Crippen MR) is 64.2 cm³/mol. The number of rotatable bonds is 5. The van der Waals surface area contributed by atoms with Crippen molar-refractivity contribution in [3.05, 3.63) is 35.6 Å². The highest BCUT2D eigenvalue weighted by atomic mass is 19.1. The Morgan fingerprint density at radius 2 is 1.88 bits per heavy atom. The minimum Gasteiger partial charge on any atom is -0.480 e. The lowest BCUT2D eigenvalue weighted by molar-refractivity contribution is -0.149. The molecule has 0 heterocycles. The molecule has 1 aromatic carbocycles. The van der Waals surface area contributed by atoms with Crippen LogP contribution >= 0.6 is 0 Å². The molecule has 0 aliphatic heterocycles. The third-order valence-electron chi connectivity index (χ3n) is 2.98. The molecule has 0 saturated heterocycles. The first-order valence-corrected chi connectivity index (χ1v) is 5.60. The summed E-state index contributed by atoms with van der Waals surface area (Å²) < 4.78 is 12.8. The number of carboxylic acids is 1. The van der Waals surface area contributed by atoms with Crippen LogP contribution in [0.4, 0.5) is 4.39 Å². The minimum atomic E-state index is -0.927. The van der Waals surface area contributed by atoms with E-state index in [0.29, 0.717) is 13.1 Å². The summed E-state index contributed by atoms with van der Waals surface area (Å²) in [6.45, 7) is 6.37. The number of halogens is 1. The maximum atomic E-state index is 12.8. The van der Waals surface area contributed by atoms with Crippen molar-refractivity contribution in [1.82, 2.24) is 4.90 Å². The Kier molecular flexibility index (Phi) is 4.23. The first kappa shape index (κ1) is 13.6. The van der Waals surface area contributed by atoms with Gasteiger partial charge in [-0.05, 0) is 38.1 Å². The molecule has 0 aromatic heterocycles. The van der Waals surface area contributed by atoms with Gasteiger partial charge in [-0.3, -0.25) is 9.69 Å². The van der Waals surface area contributed by atoms with E-state index in [1.54, 1.807) is 26.0 Å². The topological polar surface area (TPSA) is 40.5 Å². The molecule has 0 atom stereocenters. The second-order valence-electron chi connectivity index (χ2n) is 4.50. The Bertz CT molecular complexity index is 387. The van der Waals surface area contributed by atoms with Crippen molar-refractivity contribution in [3.63, 3.8) is 0 Å². The van der Waals surface area contributed by atoms with Crippen molar-refractivity contribution in [2.45, 2.75) is 32.9 Å². The van der Waals surface area contributed by atoms with Crippen LogP contribution in [0.2, 0.25) is 0 Å². The quantitative estimate of drug-likeness (QED) is 0.858. The number of benzene rings is 1. The van der Waals surface area contributed by atoms with Crippen molar-refractivity contribution in [3.8, 4) is 0 Å². The van der Waals surface area contributed by atoms with Crippen molar-refractivity contribution in [2.75, 3.05) is 6.54 Å². The Morgan fingerprint density at radius 3 is 2.29 bits per heavy atom. The van der Waals surface area contributed by atoms with Crippen molar-refractivity contribution >= 4 is 5.97 Å². The number of aliphatic carboxylic acids is 1. The molecule has 0 spiro atoms. The van der Waals surface area contributed by atoms with Crippen molar-refractivity contribution in [2.24, 2.45) is 0 Å². The van der Waals surface area contributed by atoms with Gasteiger partial charge >= 0.3 is 5.97 Å². The first-order chi connectivity index (χ1) is 7.87. The van der Waals surface area contributed by atoms with E-state index >= 15 is 0 Å². The van der Waals surface area contributed by atoms with Crippen molar-refractivity contribution < 1.29 is 14.3 Å². The highest BCUT2D eigenvalue weighted by molar-refractivity contribution is 5.77. The smallest absolute Gasteiger partial charge is 0.323 e. The molecule has 0 amide bonds. The summed E-state index contributed by atoms with van der Waals surface area (Å²) >= 11 is 0. The van der Waals surface area contributed by atoms with E-state index < -0.39 is 11.5 Å². The SMILES string of the molecule is CCN(Cc1ccc(F)cc1)C(C)(C)C(=O)O.